The Hall–Kier alpha value is -1.23. The van der Waals surface area contributed by atoms with E-state index in [9.17, 15) is 4.79 Å². The number of hydrogen-bond acceptors (Lipinski definition) is 4. The fourth-order valence-corrected chi connectivity index (χ4v) is 5.71. The highest BCUT2D eigenvalue weighted by atomic mass is 32.2. The summed E-state index contributed by atoms with van der Waals surface area (Å²) < 4.78 is 0. The van der Waals surface area contributed by atoms with Crippen LogP contribution in [-0.2, 0) is 4.79 Å². The van der Waals surface area contributed by atoms with Gasteiger partial charge in [0.05, 0.1) is 5.75 Å². The Morgan fingerprint density at radius 3 is 1.92 bits per heavy atom. The second-order valence-electron chi connectivity index (χ2n) is 7.01. The lowest BCUT2D eigenvalue weighted by Gasteiger charge is -2.26. The first-order valence-corrected chi connectivity index (χ1v) is 11.6. The number of hydrogen-bond donors (Lipinski definition) is 1. The van der Waals surface area contributed by atoms with Crippen molar-refractivity contribution in [3.63, 3.8) is 0 Å². The minimum absolute atomic E-state index is 0.393. The summed E-state index contributed by atoms with van der Waals surface area (Å²) in [6.45, 7) is 0. The van der Waals surface area contributed by atoms with Crippen molar-refractivity contribution >= 4 is 29.3 Å². The highest BCUT2D eigenvalue weighted by Crippen LogP contribution is 2.30. The van der Waals surface area contributed by atoms with E-state index in [1.165, 1.54) is 16.9 Å². The molecule has 138 valence electrons. The number of Topliss-reactive ketones (excluding diaryl/α,β-unsaturated/α-hetero) is 1. The van der Waals surface area contributed by atoms with Gasteiger partial charge in [0.25, 0.3) is 0 Å². The summed E-state index contributed by atoms with van der Waals surface area (Å²) in [7, 11) is 0. The molecule has 2 aromatic rings. The van der Waals surface area contributed by atoms with Crippen molar-refractivity contribution in [1.29, 1.82) is 0 Å². The topological polar surface area (TPSA) is 43.1 Å². The maximum absolute atomic E-state index is 11.2. The molecule has 3 atom stereocenters. The van der Waals surface area contributed by atoms with Gasteiger partial charge in [0.1, 0.15) is 5.78 Å². The smallest absolute Gasteiger partial charge is 0.143 e. The zero-order chi connectivity index (χ0) is 18.2. The van der Waals surface area contributed by atoms with E-state index in [1.807, 2.05) is 30.0 Å². The van der Waals surface area contributed by atoms with E-state index >= 15 is 0 Å². The number of carbonyl (C=O) groups excluding carboxylic acids is 1. The number of ketones is 1. The zero-order valence-corrected chi connectivity index (χ0v) is 16.7. The number of rotatable bonds is 2. The second-order valence-corrected chi connectivity index (χ2v) is 9.11. The molecule has 2 N–H and O–H groups in total. The van der Waals surface area contributed by atoms with Crippen LogP contribution in [0.15, 0.2) is 60.7 Å². The summed E-state index contributed by atoms with van der Waals surface area (Å²) in [6.07, 6.45) is 1.88. The SMILES string of the molecule is NC1CSCC(c2ccccc2)C1.O=C1CSCC(c2ccccc2)C1. The molecule has 4 rings (SSSR count). The molecule has 0 aliphatic carbocycles. The maximum Gasteiger partial charge on any atom is 0.143 e. The van der Waals surface area contributed by atoms with E-state index in [2.05, 4.69) is 42.5 Å². The lowest BCUT2D eigenvalue weighted by atomic mass is 9.94. The molecular formula is C22H27NOS2. The summed E-state index contributed by atoms with van der Waals surface area (Å²) >= 11 is 3.74. The molecule has 0 bridgehead atoms. The minimum atomic E-state index is 0.393. The number of nitrogens with two attached hydrogens (primary N) is 1. The van der Waals surface area contributed by atoms with Crippen LogP contribution in [0.25, 0.3) is 0 Å². The van der Waals surface area contributed by atoms with Crippen LogP contribution in [0.5, 0.6) is 0 Å². The van der Waals surface area contributed by atoms with Gasteiger partial charge in [0.2, 0.25) is 0 Å². The Morgan fingerprint density at radius 2 is 1.35 bits per heavy atom. The summed E-state index contributed by atoms with van der Waals surface area (Å²) in [5.41, 5.74) is 8.70. The van der Waals surface area contributed by atoms with E-state index in [1.54, 1.807) is 11.8 Å². The molecule has 0 saturated carbocycles. The largest absolute Gasteiger partial charge is 0.327 e. The van der Waals surface area contributed by atoms with E-state index in [0.717, 1.165) is 24.3 Å². The Kier molecular flexibility index (Phi) is 7.66. The van der Waals surface area contributed by atoms with E-state index in [4.69, 9.17) is 5.73 Å². The van der Waals surface area contributed by atoms with Gasteiger partial charge in [0.15, 0.2) is 0 Å². The van der Waals surface area contributed by atoms with Gasteiger partial charge >= 0.3 is 0 Å². The average molecular weight is 386 g/mol. The molecule has 2 aliphatic rings. The minimum Gasteiger partial charge on any atom is -0.327 e. The molecule has 2 fully saturated rings. The summed E-state index contributed by atoms with van der Waals surface area (Å²) in [5, 5.41) is 0. The molecule has 0 amide bonds. The first-order valence-electron chi connectivity index (χ1n) is 9.25. The van der Waals surface area contributed by atoms with Gasteiger partial charge < -0.3 is 5.73 Å². The molecule has 3 unspecified atom stereocenters. The van der Waals surface area contributed by atoms with Crippen LogP contribution in [0.3, 0.4) is 0 Å². The second kappa shape index (κ2) is 10.2. The molecule has 2 saturated heterocycles. The predicted octanol–water partition coefficient (Wildman–Crippen LogP) is 4.71. The van der Waals surface area contributed by atoms with Crippen molar-refractivity contribution in [1.82, 2.24) is 0 Å². The Labute approximate surface area is 165 Å². The highest BCUT2D eigenvalue weighted by molar-refractivity contribution is 8.00. The zero-order valence-electron chi connectivity index (χ0n) is 15.1. The van der Waals surface area contributed by atoms with Gasteiger partial charge in [-0.05, 0) is 29.4 Å². The third-order valence-corrected chi connectivity index (χ3v) is 7.30. The van der Waals surface area contributed by atoms with Crippen LogP contribution >= 0.6 is 23.5 Å². The van der Waals surface area contributed by atoms with E-state index in [-0.39, 0.29) is 0 Å². The van der Waals surface area contributed by atoms with E-state index < -0.39 is 0 Å². The van der Waals surface area contributed by atoms with Gasteiger partial charge in [-0.3, -0.25) is 4.79 Å². The van der Waals surface area contributed by atoms with Crippen molar-refractivity contribution in [2.75, 3.05) is 23.0 Å². The fraction of sp³-hybridized carbons (Fsp3) is 0.409. The van der Waals surface area contributed by atoms with Crippen LogP contribution in [0.2, 0.25) is 0 Å². The van der Waals surface area contributed by atoms with Crippen molar-refractivity contribution in [3.05, 3.63) is 71.8 Å². The molecule has 0 radical (unpaired) electrons. The van der Waals surface area contributed by atoms with Crippen molar-refractivity contribution in [2.24, 2.45) is 5.73 Å². The van der Waals surface area contributed by atoms with Gasteiger partial charge in [-0.2, -0.15) is 23.5 Å². The maximum atomic E-state index is 11.2. The number of carbonyl (C=O) groups is 1. The van der Waals surface area contributed by atoms with Gasteiger partial charge in [0, 0.05) is 29.7 Å². The first kappa shape index (κ1) is 19.5. The first-order chi connectivity index (χ1) is 12.7. The van der Waals surface area contributed by atoms with Crippen molar-refractivity contribution < 1.29 is 4.79 Å². The van der Waals surface area contributed by atoms with Crippen LogP contribution in [0, 0.1) is 0 Å². The lowest BCUT2D eigenvalue weighted by molar-refractivity contribution is -0.117. The van der Waals surface area contributed by atoms with E-state index in [0.29, 0.717) is 29.4 Å². The Balaban J connectivity index is 0.000000151. The number of thioether (sulfide) groups is 2. The van der Waals surface area contributed by atoms with Crippen molar-refractivity contribution in [3.8, 4) is 0 Å². The normalized spacial score (nSPS) is 25.9. The molecule has 2 heterocycles. The summed E-state index contributed by atoms with van der Waals surface area (Å²) in [5.74, 6) is 5.69. The Bertz CT molecular complexity index is 677. The highest BCUT2D eigenvalue weighted by Gasteiger charge is 2.21. The van der Waals surface area contributed by atoms with Crippen LogP contribution in [0.1, 0.15) is 35.8 Å². The average Bonchev–Trinajstić information content (AvgIpc) is 2.70. The number of benzene rings is 2. The van der Waals surface area contributed by atoms with Gasteiger partial charge in [-0.15, -0.1) is 0 Å². The molecular weight excluding hydrogens is 358 g/mol. The summed E-state index contributed by atoms with van der Waals surface area (Å²) in [4.78, 5) is 11.2. The predicted molar refractivity (Wildman–Crippen MR) is 115 cm³/mol. The molecule has 0 spiro atoms. The van der Waals surface area contributed by atoms with Crippen molar-refractivity contribution in [2.45, 2.75) is 30.7 Å². The molecule has 2 aliphatic heterocycles. The van der Waals surface area contributed by atoms with Crippen LogP contribution in [0.4, 0.5) is 0 Å². The lowest BCUT2D eigenvalue weighted by Crippen LogP contribution is -2.30. The van der Waals surface area contributed by atoms with Crippen LogP contribution in [-0.4, -0.2) is 34.8 Å². The van der Waals surface area contributed by atoms with Gasteiger partial charge in [-0.25, -0.2) is 0 Å². The third kappa shape index (κ3) is 5.90. The summed E-state index contributed by atoms with van der Waals surface area (Å²) in [6, 6.07) is 21.4. The van der Waals surface area contributed by atoms with Gasteiger partial charge in [-0.1, -0.05) is 60.7 Å². The monoisotopic (exact) mass is 385 g/mol. The quantitative estimate of drug-likeness (QED) is 0.813. The fourth-order valence-electron chi connectivity index (χ4n) is 3.47. The third-order valence-electron chi connectivity index (χ3n) is 4.84. The molecule has 26 heavy (non-hydrogen) atoms. The molecule has 0 aromatic heterocycles. The standard InChI is InChI=1S/C11H15NS.C11H12OS/c2*12-11-6-10(7-13-8-11)9-4-2-1-3-5-9/h1-5,10-11H,6-8,12H2;1-5,10H,6-8H2. The molecule has 2 aromatic carbocycles. The van der Waals surface area contributed by atoms with Crippen LogP contribution < -0.4 is 5.73 Å². The molecule has 4 heteroatoms. The Morgan fingerprint density at radius 1 is 0.769 bits per heavy atom. The molecule has 2 nitrogen and oxygen atoms in total.